The Morgan fingerprint density at radius 2 is 1.65 bits per heavy atom. The maximum Gasteiger partial charge on any atom is 0.255 e. The highest BCUT2D eigenvalue weighted by Crippen LogP contribution is 2.11. The highest BCUT2D eigenvalue weighted by molar-refractivity contribution is 5.94. The van der Waals surface area contributed by atoms with Gasteiger partial charge in [-0.05, 0) is 19.1 Å². The molecule has 0 aliphatic carbocycles. The molecular formula is C13H16N2O2. The molecule has 4 heteroatoms. The predicted octanol–water partition coefficient (Wildman–Crippen LogP) is 1.26. The fourth-order valence-corrected chi connectivity index (χ4v) is 1.89. The van der Waals surface area contributed by atoms with Crippen molar-refractivity contribution in [1.29, 1.82) is 0 Å². The Kier molecular flexibility index (Phi) is 3.13. The monoisotopic (exact) mass is 232 g/mol. The van der Waals surface area contributed by atoms with Crippen molar-refractivity contribution in [3.05, 3.63) is 35.4 Å². The Bertz CT molecular complexity index is 439. The lowest BCUT2D eigenvalue weighted by molar-refractivity contribution is -0.128. The molecule has 1 aliphatic rings. The second kappa shape index (κ2) is 4.57. The summed E-state index contributed by atoms with van der Waals surface area (Å²) in [5.74, 6) is 0.0120. The summed E-state index contributed by atoms with van der Waals surface area (Å²) in [6, 6.07) is 7.50. The van der Waals surface area contributed by atoms with Crippen molar-refractivity contribution in [2.75, 3.05) is 19.8 Å². The minimum absolute atomic E-state index is 0.00579. The number of rotatable bonds is 1. The second-order valence-electron chi connectivity index (χ2n) is 4.36. The van der Waals surface area contributed by atoms with Gasteiger partial charge in [-0.25, -0.2) is 0 Å². The number of hydrogen-bond donors (Lipinski definition) is 0. The summed E-state index contributed by atoms with van der Waals surface area (Å²) in [7, 11) is 0. The average Bonchev–Trinajstić information content (AvgIpc) is 2.78. The molecule has 2 rings (SSSR count). The Morgan fingerprint density at radius 3 is 2.18 bits per heavy atom. The van der Waals surface area contributed by atoms with E-state index >= 15 is 0 Å². The van der Waals surface area contributed by atoms with Gasteiger partial charge >= 0.3 is 0 Å². The zero-order chi connectivity index (χ0) is 12.4. The van der Waals surface area contributed by atoms with Gasteiger partial charge in [-0.15, -0.1) is 0 Å². The van der Waals surface area contributed by atoms with Gasteiger partial charge in [-0.3, -0.25) is 9.59 Å². The van der Waals surface area contributed by atoms with Crippen molar-refractivity contribution in [2.24, 2.45) is 0 Å². The molecule has 1 fully saturated rings. The van der Waals surface area contributed by atoms with Crippen LogP contribution in [0.25, 0.3) is 0 Å². The molecular weight excluding hydrogens is 216 g/mol. The summed E-state index contributed by atoms with van der Waals surface area (Å²) in [4.78, 5) is 26.7. The summed E-state index contributed by atoms with van der Waals surface area (Å²) in [6.07, 6.45) is 0. The number of benzene rings is 1. The molecule has 17 heavy (non-hydrogen) atoms. The van der Waals surface area contributed by atoms with Crippen LogP contribution in [0, 0.1) is 6.92 Å². The van der Waals surface area contributed by atoms with Gasteiger partial charge in [0.1, 0.15) is 0 Å². The summed E-state index contributed by atoms with van der Waals surface area (Å²) in [6.45, 7) is 5.17. The molecule has 4 nitrogen and oxygen atoms in total. The zero-order valence-electron chi connectivity index (χ0n) is 10.1. The Morgan fingerprint density at radius 1 is 1.06 bits per heavy atom. The summed E-state index contributed by atoms with van der Waals surface area (Å²) in [5.41, 5.74) is 1.81. The molecule has 1 heterocycles. The number of carbonyl (C=O) groups excluding carboxylic acids is 2. The summed E-state index contributed by atoms with van der Waals surface area (Å²) < 4.78 is 0. The molecule has 90 valence electrons. The minimum Gasteiger partial charge on any atom is -0.323 e. The number of amides is 2. The molecule has 1 aromatic carbocycles. The van der Waals surface area contributed by atoms with Crippen LogP contribution < -0.4 is 0 Å². The lowest BCUT2D eigenvalue weighted by Gasteiger charge is -2.17. The van der Waals surface area contributed by atoms with Gasteiger partial charge in [0.25, 0.3) is 5.91 Å². The van der Waals surface area contributed by atoms with Gasteiger partial charge in [-0.1, -0.05) is 17.7 Å². The van der Waals surface area contributed by atoms with Crippen LogP contribution in [0.4, 0.5) is 0 Å². The molecule has 0 unspecified atom stereocenters. The molecule has 0 aromatic heterocycles. The van der Waals surface area contributed by atoms with Crippen LogP contribution in [-0.4, -0.2) is 41.4 Å². The van der Waals surface area contributed by atoms with E-state index in [1.54, 1.807) is 9.80 Å². The fraction of sp³-hybridized carbons (Fsp3) is 0.385. The van der Waals surface area contributed by atoms with Crippen LogP contribution >= 0.6 is 0 Å². The molecule has 0 N–H and O–H groups in total. The predicted molar refractivity (Wildman–Crippen MR) is 64.5 cm³/mol. The van der Waals surface area contributed by atoms with E-state index in [1.807, 2.05) is 31.2 Å². The number of carbonyl (C=O) groups is 2. The molecule has 1 aromatic rings. The Balaban J connectivity index is 2.07. The molecule has 0 radical (unpaired) electrons. The third kappa shape index (κ3) is 2.46. The lowest BCUT2D eigenvalue weighted by Crippen LogP contribution is -2.32. The highest BCUT2D eigenvalue weighted by atomic mass is 16.2. The van der Waals surface area contributed by atoms with E-state index < -0.39 is 0 Å². The Hall–Kier alpha value is -1.84. The van der Waals surface area contributed by atoms with E-state index in [9.17, 15) is 9.59 Å². The number of aryl methyl sites for hydroxylation is 1. The van der Waals surface area contributed by atoms with Crippen molar-refractivity contribution in [1.82, 2.24) is 9.80 Å². The van der Waals surface area contributed by atoms with E-state index in [1.165, 1.54) is 6.92 Å². The topological polar surface area (TPSA) is 40.6 Å². The molecule has 0 bridgehead atoms. The van der Waals surface area contributed by atoms with Crippen molar-refractivity contribution < 1.29 is 9.59 Å². The third-order valence-electron chi connectivity index (χ3n) is 3.01. The van der Waals surface area contributed by atoms with Crippen LogP contribution in [0.2, 0.25) is 0 Å². The lowest BCUT2D eigenvalue weighted by atomic mass is 10.1. The van der Waals surface area contributed by atoms with Crippen LogP contribution in [0.3, 0.4) is 0 Å². The van der Waals surface area contributed by atoms with E-state index in [4.69, 9.17) is 0 Å². The van der Waals surface area contributed by atoms with Crippen molar-refractivity contribution in [3.8, 4) is 0 Å². The smallest absolute Gasteiger partial charge is 0.255 e. The number of hydrogen-bond acceptors (Lipinski definition) is 2. The second-order valence-corrected chi connectivity index (χ2v) is 4.36. The first-order chi connectivity index (χ1) is 8.08. The van der Waals surface area contributed by atoms with E-state index in [0.29, 0.717) is 25.3 Å². The summed E-state index contributed by atoms with van der Waals surface area (Å²) in [5, 5.41) is 0. The quantitative estimate of drug-likeness (QED) is 0.731. The van der Waals surface area contributed by atoms with Gasteiger partial charge in [0.15, 0.2) is 0 Å². The van der Waals surface area contributed by atoms with Crippen LogP contribution in [0.5, 0.6) is 0 Å². The zero-order valence-corrected chi connectivity index (χ0v) is 10.1. The van der Waals surface area contributed by atoms with E-state index in [-0.39, 0.29) is 11.8 Å². The maximum absolute atomic E-state index is 12.1. The molecule has 0 saturated carbocycles. The standard InChI is InChI=1S/C13H16N2O2/c1-10-3-5-12(6-4-10)13(17)15-8-7-14(9-15)11(2)16/h3-6H,7-9H2,1-2H3. The largest absolute Gasteiger partial charge is 0.323 e. The van der Waals surface area contributed by atoms with Crippen LogP contribution in [-0.2, 0) is 4.79 Å². The fourth-order valence-electron chi connectivity index (χ4n) is 1.89. The van der Waals surface area contributed by atoms with Crippen LogP contribution in [0.15, 0.2) is 24.3 Å². The SMILES string of the molecule is CC(=O)N1CCN(C(=O)c2ccc(C)cc2)C1. The van der Waals surface area contributed by atoms with Crippen LogP contribution in [0.1, 0.15) is 22.8 Å². The average molecular weight is 232 g/mol. The minimum atomic E-state index is -0.00579. The number of nitrogens with zero attached hydrogens (tertiary/aromatic N) is 2. The normalized spacial score (nSPS) is 15.2. The molecule has 0 atom stereocenters. The Labute approximate surface area is 101 Å². The molecule has 1 aliphatic heterocycles. The molecule has 2 amide bonds. The van der Waals surface area contributed by atoms with E-state index in [0.717, 1.165) is 5.56 Å². The first-order valence-corrected chi connectivity index (χ1v) is 5.69. The first-order valence-electron chi connectivity index (χ1n) is 5.69. The third-order valence-corrected chi connectivity index (χ3v) is 3.01. The highest BCUT2D eigenvalue weighted by Gasteiger charge is 2.26. The maximum atomic E-state index is 12.1. The van der Waals surface area contributed by atoms with Gasteiger partial charge in [0.2, 0.25) is 5.91 Å². The summed E-state index contributed by atoms with van der Waals surface area (Å²) >= 11 is 0. The van der Waals surface area contributed by atoms with Gasteiger partial charge in [-0.2, -0.15) is 0 Å². The molecule has 1 saturated heterocycles. The van der Waals surface area contributed by atoms with E-state index in [2.05, 4.69) is 0 Å². The van der Waals surface area contributed by atoms with Crippen molar-refractivity contribution in [3.63, 3.8) is 0 Å². The molecule has 0 spiro atoms. The van der Waals surface area contributed by atoms with Gasteiger partial charge in [0.05, 0.1) is 6.67 Å². The van der Waals surface area contributed by atoms with Gasteiger partial charge in [0, 0.05) is 25.6 Å². The van der Waals surface area contributed by atoms with Crippen molar-refractivity contribution >= 4 is 11.8 Å². The van der Waals surface area contributed by atoms with Crippen molar-refractivity contribution in [2.45, 2.75) is 13.8 Å². The van der Waals surface area contributed by atoms with Gasteiger partial charge < -0.3 is 9.80 Å². The first kappa shape index (κ1) is 11.6.